The van der Waals surface area contributed by atoms with Crippen LogP contribution in [0.4, 0.5) is 0 Å². The summed E-state index contributed by atoms with van der Waals surface area (Å²) in [5.74, 6) is 0. The van der Waals surface area contributed by atoms with Crippen LogP contribution in [0.3, 0.4) is 0 Å². The number of rotatable bonds is 10. The van der Waals surface area contributed by atoms with Gasteiger partial charge in [-0.2, -0.15) is 0 Å². The normalized spacial score (nSPS) is 14.8. The summed E-state index contributed by atoms with van der Waals surface area (Å²) < 4.78 is 0. The van der Waals surface area contributed by atoms with Gasteiger partial charge in [0.15, 0.2) is 0 Å². The van der Waals surface area contributed by atoms with Gasteiger partial charge in [0, 0.05) is 11.6 Å². The molecule has 0 bridgehead atoms. The SMILES string of the molecule is CCCCCCCCC(N)C(C)(C)CC(C)(C)N. The Morgan fingerprint density at radius 2 is 1.39 bits per heavy atom. The molecule has 0 radical (unpaired) electrons. The molecule has 0 aromatic carbocycles. The molecule has 0 aromatic heterocycles. The molecule has 0 spiro atoms. The quantitative estimate of drug-likeness (QED) is 0.575. The fourth-order valence-electron chi connectivity index (χ4n) is 2.84. The van der Waals surface area contributed by atoms with Crippen molar-refractivity contribution >= 4 is 0 Å². The van der Waals surface area contributed by atoms with E-state index in [2.05, 4.69) is 34.6 Å². The van der Waals surface area contributed by atoms with Gasteiger partial charge in [0.1, 0.15) is 0 Å². The Kier molecular flexibility index (Phi) is 8.13. The van der Waals surface area contributed by atoms with Crippen molar-refractivity contribution in [1.82, 2.24) is 0 Å². The van der Waals surface area contributed by atoms with Crippen LogP contribution in [0, 0.1) is 5.41 Å². The molecule has 0 fully saturated rings. The highest BCUT2D eigenvalue weighted by Gasteiger charge is 2.31. The lowest BCUT2D eigenvalue weighted by molar-refractivity contribution is 0.200. The molecular formula is C16H36N2. The zero-order valence-corrected chi connectivity index (χ0v) is 13.4. The second-order valence-electron chi connectivity index (χ2n) is 7.32. The molecule has 0 aromatic rings. The van der Waals surface area contributed by atoms with Gasteiger partial charge in [0.25, 0.3) is 0 Å². The molecule has 2 heteroatoms. The second kappa shape index (κ2) is 8.16. The van der Waals surface area contributed by atoms with Crippen LogP contribution >= 0.6 is 0 Å². The third-order valence-corrected chi connectivity index (χ3v) is 3.78. The van der Waals surface area contributed by atoms with Crippen molar-refractivity contribution in [3.8, 4) is 0 Å². The minimum atomic E-state index is -0.123. The van der Waals surface area contributed by atoms with Crippen LogP contribution in [-0.4, -0.2) is 11.6 Å². The van der Waals surface area contributed by atoms with E-state index in [4.69, 9.17) is 11.5 Å². The van der Waals surface area contributed by atoms with Crippen LogP contribution < -0.4 is 11.5 Å². The zero-order valence-electron chi connectivity index (χ0n) is 13.4. The minimum Gasteiger partial charge on any atom is -0.327 e. The molecule has 0 amide bonds. The molecule has 0 aliphatic heterocycles. The number of unbranched alkanes of at least 4 members (excludes halogenated alkanes) is 5. The van der Waals surface area contributed by atoms with E-state index in [1.54, 1.807) is 0 Å². The van der Waals surface area contributed by atoms with Crippen molar-refractivity contribution < 1.29 is 0 Å². The first kappa shape index (κ1) is 17.9. The summed E-state index contributed by atoms with van der Waals surface area (Å²) in [6.07, 6.45) is 10.1. The predicted octanol–water partition coefficient (Wildman–Crippen LogP) is 4.22. The van der Waals surface area contributed by atoms with Crippen LogP contribution in [0.1, 0.15) is 86.0 Å². The van der Waals surface area contributed by atoms with E-state index in [0.717, 1.165) is 12.8 Å². The van der Waals surface area contributed by atoms with E-state index in [1.807, 2.05) is 0 Å². The van der Waals surface area contributed by atoms with Crippen LogP contribution in [-0.2, 0) is 0 Å². The van der Waals surface area contributed by atoms with Gasteiger partial charge in [-0.15, -0.1) is 0 Å². The maximum Gasteiger partial charge on any atom is 0.0103 e. The summed E-state index contributed by atoms with van der Waals surface area (Å²) in [7, 11) is 0. The van der Waals surface area contributed by atoms with E-state index >= 15 is 0 Å². The molecule has 0 rings (SSSR count). The van der Waals surface area contributed by atoms with Gasteiger partial charge in [-0.1, -0.05) is 59.3 Å². The van der Waals surface area contributed by atoms with Crippen molar-refractivity contribution in [3.63, 3.8) is 0 Å². The van der Waals surface area contributed by atoms with Gasteiger partial charge in [-0.05, 0) is 32.1 Å². The van der Waals surface area contributed by atoms with Crippen molar-refractivity contribution in [2.75, 3.05) is 0 Å². The van der Waals surface area contributed by atoms with Gasteiger partial charge in [0.2, 0.25) is 0 Å². The maximum atomic E-state index is 6.34. The average Bonchev–Trinajstić information content (AvgIpc) is 2.19. The van der Waals surface area contributed by atoms with Crippen molar-refractivity contribution in [3.05, 3.63) is 0 Å². The monoisotopic (exact) mass is 256 g/mol. The highest BCUT2D eigenvalue weighted by molar-refractivity contribution is 4.88. The van der Waals surface area contributed by atoms with E-state index in [0.29, 0.717) is 0 Å². The van der Waals surface area contributed by atoms with Crippen LogP contribution in [0.5, 0.6) is 0 Å². The Balaban J connectivity index is 3.82. The lowest BCUT2D eigenvalue weighted by Gasteiger charge is -2.37. The molecule has 110 valence electrons. The third kappa shape index (κ3) is 8.93. The smallest absolute Gasteiger partial charge is 0.0103 e. The Morgan fingerprint density at radius 3 is 1.89 bits per heavy atom. The zero-order chi connectivity index (χ0) is 14.2. The molecule has 0 saturated heterocycles. The van der Waals surface area contributed by atoms with Crippen molar-refractivity contribution in [2.45, 2.75) is 97.6 Å². The Morgan fingerprint density at radius 1 is 0.889 bits per heavy atom. The molecule has 0 aliphatic rings. The van der Waals surface area contributed by atoms with Gasteiger partial charge >= 0.3 is 0 Å². The lowest BCUT2D eigenvalue weighted by atomic mass is 9.74. The van der Waals surface area contributed by atoms with Gasteiger partial charge in [-0.25, -0.2) is 0 Å². The summed E-state index contributed by atoms with van der Waals surface area (Å²) in [6.45, 7) is 10.9. The number of hydrogen-bond acceptors (Lipinski definition) is 2. The Labute approximate surface area is 115 Å². The highest BCUT2D eigenvalue weighted by Crippen LogP contribution is 2.31. The third-order valence-electron chi connectivity index (χ3n) is 3.78. The highest BCUT2D eigenvalue weighted by atomic mass is 14.7. The summed E-state index contributed by atoms with van der Waals surface area (Å²) in [4.78, 5) is 0. The maximum absolute atomic E-state index is 6.34. The predicted molar refractivity (Wildman–Crippen MR) is 82.6 cm³/mol. The van der Waals surface area contributed by atoms with E-state index in [-0.39, 0.29) is 17.0 Å². The largest absolute Gasteiger partial charge is 0.327 e. The van der Waals surface area contributed by atoms with Crippen molar-refractivity contribution in [1.29, 1.82) is 0 Å². The standard InChI is InChI=1S/C16H36N2/c1-6-7-8-9-10-11-12-14(17)15(2,3)13-16(4,5)18/h14H,6-13,17-18H2,1-5H3. The van der Waals surface area contributed by atoms with Gasteiger partial charge in [-0.3, -0.25) is 0 Å². The Bertz CT molecular complexity index is 204. The van der Waals surface area contributed by atoms with Gasteiger partial charge < -0.3 is 11.5 Å². The molecule has 0 aliphatic carbocycles. The topological polar surface area (TPSA) is 52.0 Å². The molecule has 18 heavy (non-hydrogen) atoms. The second-order valence-corrected chi connectivity index (χ2v) is 7.32. The molecule has 4 N–H and O–H groups in total. The summed E-state index contributed by atoms with van der Waals surface area (Å²) in [5, 5.41) is 0. The molecule has 1 atom stereocenters. The number of nitrogens with two attached hydrogens (primary N) is 2. The minimum absolute atomic E-state index is 0.123. The van der Waals surface area contributed by atoms with Crippen LogP contribution in [0.2, 0.25) is 0 Å². The van der Waals surface area contributed by atoms with E-state index < -0.39 is 0 Å². The molecular weight excluding hydrogens is 220 g/mol. The number of hydrogen-bond donors (Lipinski definition) is 2. The van der Waals surface area contributed by atoms with E-state index in [9.17, 15) is 0 Å². The van der Waals surface area contributed by atoms with Crippen molar-refractivity contribution in [2.24, 2.45) is 16.9 Å². The fourth-order valence-corrected chi connectivity index (χ4v) is 2.84. The fraction of sp³-hybridized carbons (Fsp3) is 1.00. The van der Waals surface area contributed by atoms with Gasteiger partial charge in [0.05, 0.1) is 0 Å². The lowest BCUT2D eigenvalue weighted by Crippen LogP contribution is -2.45. The van der Waals surface area contributed by atoms with Crippen LogP contribution in [0.15, 0.2) is 0 Å². The molecule has 0 heterocycles. The first-order valence-corrected chi connectivity index (χ1v) is 7.73. The molecule has 1 unspecified atom stereocenters. The Hall–Kier alpha value is -0.0800. The van der Waals surface area contributed by atoms with E-state index in [1.165, 1.54) is 38.5 Å². The molecule has 2 nitrogen and oxygen atoms in total. The first-order valence-electron chi connectivity index (χ1n) is 7.73. The summed E-state index contributed by atoms with van der Waals surface area (Å²) >= 11 is 0. The summed E-state index contributed by atoms with van der Waals surface area (Å²) in [5.41, 5.74) is 12.5. The molecule has 0 saturated carbocycles. The van der Waals surface area contributed by atoms with Crippen LogP contribution in [0.25, 0.3) is 0 Å². The average molecular weight is 256 g/mol. The first-order chi connectivity index (χ1) is 8.19. The summed E-state index contributed by atoms with van der Waals surface area (Å²) in [6, 6.07) is 0.270.